The average Bonchev–Trinajstić information content (AvgIpc) is 2.68. The third kappa shape index (κ3) is 2.12. The van der Waals surface area contributed by atoms with Crippen molar-refractivity contribution in [3.63, 3.8) is 0 Å². The molecule has 0 amide bonds. The highest BCUT2D eigenvalue weighted by atomic mass is 35.5. The van der Waals surface area contributed by atoms with Crippen molar-refractivity contribution in [2.24, 2.45) is 7.05 Å². The summed E-state index contributed by atoms with van der Waals surface area (Å²) in [5, 5.41) is 7.98. The summed E-state index contributed by atoms with van der Waals surface area (Å²) in [7, 11) is 1.69. The van der Waals surface area contributed by atoms with Crippen LogP contribution in [0.4, 0.5) is 0 Å². The maximum atomic E-state index is 11.9. The molecule has 0 atom stereocenters. The second-order valence-electron chi connectivity index (χ2n) is 3.43. The molecule has 1 heterocycles. The third-order valence-corrected chi connectivity index (χ3v) is 2.68. The summed E-state index contributed by atoms with van der Waals surface area (Å²) in [6, 6.07) is 7.30. The summed E-state index contributed by atoms with van der Waals surface area (Å²) in [6.45, 7) is 0. The van der Waals surface area contributed by atoms with E-state index in [-0.39, 0.29) is 12.2 Å². The SMILES string of the molecule is Cn1nncc1C(=O)Cc1ccccc1Cl. The molecule has 0 radical (unpaired) electrons. The predicted octanol–water partition coefficient (Wildman–Crippen LogP) is 1.89. The van der Waals surface area contributed by atoms with Crippen LogP contribution in [0.15, 0.2) is 30.5 Å². The fourth-order valence-corrected chi connectivity index (χ4v) is 1.65. The number of carbonyl (C=O) groups is 1. The Morgan fingerprint density at radius 1 is 1.44 bits per heavy atom. The molecule has 0 unspecified atom stereocenters. The zero-order valence-electron chi connectivity index (χ0n) is 8.72. The van der Waals surface area contributed by atoms with Crippen molar-refractivity contribution in [1.82, 2.24) is 15.0 Å². The Balaban J connectivity index is 2.21. The molecule has 2 aromatic rings. The summed E-state index contributed by atoms with van der Waals surface area (Å²) in [6.07, 6.45) is 1.72. The lowest BCUT2D eigenvalue weighted by molar-refractivity contribution is 0.0984. The minimum Gasteiger partial charge on any atom is -0.292 e. The lowest BCUT2D eigenvalue weighted by atomic mass is 10.1. The average molecular weight is 236 g/mol. The van der Waals surface area contributed by atoms with Crippen LogP contribution in [0.5, 0.6) is 0 Å². The van der Waals surface area contributed by atoms with Gasteiger partial charge in [0.05, 0.1) is 6.20 Å². The number of benzene rings is 1. The molecule has 0 N–H and O–H groups in total. The summed E-state index contributed by atoms with van der Waals surface area (Å²) < 4.78 is 1.46. The molecule has 0 aliphatic carbocycles. The van der Waals surface area contributed by atoms with Crippen LogP contribution in [0.1, 0.15) is 16.1 Å². The first-order valence-electron chi connectivity index (χ1n) is 4.80. The Morgan fingerprint density at radius 3 is 2.81 bits per heavy atom. The molecular formula is C11H10ClN3O. The van der Waals surface area contributed by atoms with E-state index < -0.39 is 0 Å². The number of aromatic nitrogens is 3. The summed E-state index contributed by atoms with van der Waals surface area (Å²) >= 11 is 5.98. The standard InChI is InChI=1S/C11H10ClN3O/c1-15-10(7-13-14-15)11(16)6-8-4-2-3-5-9(8)12/h2-5,7H,6H2,1H3. The number of nitrogens with zero attached hydrogens (tertiary/aromatic N) is 3. The van der Waals surface area contributed by atoms with Crippen molar-refractivity contribution in [3.05, 3.63) is 46.7 Å². The van der Waals surface area contributed by atoms with E-state index in [2.05, 4.69) is 10.3 Å². The summed E-state index contributed by atoms with van der Waals surface area (Å²) in [5.41, 5.74) is 1.30. The quantitative estimate of drug-likeness (QED) is 0.764. The van der Waals surface area contributed by atoms with Gasteiger partial charge in [-0.05, 0) is 11.6 Å². The van der Waals surface area contributed by atoms with E-state index in [9.17, 15) is 4.79 Å². The maximum Gasteiger partial charge on any atom is 0.186 e. The van der Waals surface area contributed by atoms with E-state index in [0.717, 1.165) is 5.56 Å². The van der Waals surface area contributed by atoms with Gasteiger partial charge >= 0.3 is 0 Å². The molecule has 5 heteroatoms. The zero-order chi connectivity index (χ0) is 11.5. The molecule has 0 bridgehead atoms. The van der Waals surface area contributed by atoms with E-state index in [1.807, 2.05) is 18.2 Å². The first-order chi connectivity index (χ1) is 7.68. The van der Waals surface area contributed by atoms with Crippen LogP contribution in [0, 0.1) is 0 Å². The van der Waals surface area contributed by atoms with Gasteiger partial charge < -0.3 is 0 Å². The highest BCUT2D eigenvalue weighted by molar-refractivity contribution is 6.31. The van der Waals surface area contributed by atoms with Crippen LogP contribution >= 0.6 is 11.6 Å². The largest absolute Gasteiger partial charge is 0.292 e. The number of rotatable bonds is 3. The minimum atomic E-state index is -0.0411. The van der Waals surface area contributed by atoms with Gasteiger partial charge in [0.25, 0.3) is 0 Å². The van der Waals surface area contributed by atoms with Gasteiger partial charge in [0, 0.05) is 18.5 Å². The van der Waals surface area contributed by atoms with Crippen molar-refractivity contribution in [2.45, 2.75) is 6.42 Å². The Morgan fingerprint density at radius 2 is 2.19 bits per heavy atom. The van der Waals surface area contributed by atoms with Gasteiger partial charge in [0.1, 0.15) is 5.69 Å². The number of Topliss-reactive ketones (excluding diaryl/α,β-unsaturated/α-hetero) is 1. The molecule has 0 fully saturated rings. The Bertz CT molecular complexity index is 521. The fraction of sp³-hybridized carbons (Fsp3) is 0.182. The first-order valence-corrected chi connectivity index (χ1v) is 5.17. The van der Waals surface area contributed by atoms with E-state index in [1.165, 1.54) is 10.9 Å². The maximum absolute atomic E-state index is 11.9. The molecule has 1 aromatic carbocycles. The molecule has 0 saturated carbocycles. The van der Waals surface area contributed by atoms with Crippen LogP contribution in [-0.4, -0.2) is 20.8 Å². The lowest BCUT2D eigenvalue weighted by Gasteiger charge is -2.02. The molecule has 0 saturated heterocycles. The summed E-state index contributed by atoms with van der Waals surface area (Å²) in [4.78, 5) is 11.9. The molecular weight excluding hydrogens is 226 g/mol. The predicted molar refractivity (Wildman–Crippen MR) is 60.5 cm³/mol. The first kappa shape index (κ1) is 10.8. The van der Waals surface area contributed by atoms with Crippen LogP contribution in [0.2, 0.25) is 5.02 Å². The smallest absolute Gasteiger partial charge is 0.186 e. The number of hydrogen-bond acceptors (Lipinski definition) is 3. The lowest BCUT2D eigenvalue weighted by Crippen LogP contribution is -2.09. The van der Waals surface area contributed by atoms with Crippen molar-refractivity contribution < 1.29 is 4.79 Å². The van der Waals surface area contributed by atoms with E-state index in [0.29, 0.717) is 10.7 Å². The summed E-state index contributed by atoms with van der Waals surface area (Å²) in [5.74, 6) is -0.0411. The minimum absolute atomic E-state index is 0.0411. The normalized spacial score (nSPS) is 10.4. The van der Waals surface area contributed by atoms with Gasteiger partial charge in [-0.25, -0.2) is 4.68 Å². The number of carbonyl (C=O) groups excluding carboxylic acids is 1. The topological polar surface area (TPSA) is 47.8 Å². The van der Waals surface area contributed by atoms with Crippen LogP contribution in [-0.2, 0) is 13.5 Å². The van der Waals surface area contributed by atoms with Gasteiger partial charge in [0.15, 0.2) is 5.78 Å². The molecule has 2 rings (SSSR count). The highest BCUT2D eigenvalue weighted by Crippen LogP contribution is 2.16. The van der Waals surface area contributed by atoms with E-state index in [1.54, 1.807) is 13.1 Å². The fourth-order valence-electron chi connectivity index (χ4n) is 1.45. The van der Waals surface area contributed by atoms with Gasteiger partial charge in [-0.15, -0.1) is 5.10 Å². The third-order valence-electron chi connectivity index (χ3n) is 2.31. The van der Waals surface area contributed by atoms with Crippen LogP contribution in [0.25, 0.3) is 0 Å². The second kappa shape index (κ2) is 4.45. The van der Waals surface area contributed by atoms with Crippen molar-refractivity contribution >= 4 is 17.4 Å². The van der Waals surface area contributed by atoms with Gasteiger partial charge in [0.2, 0.25) is 0 Å². The molecule has 0 spiro atoms. The highest BCUT2D eigenvalue weighted by Gasteiger charge is 2.12. The number of ketones is 1. The number of aryl methyl sites for hydroxylation is 1. The van der Waals surface area contributed by atoms with Crippen molar-refractivity contribution in [1.29, 1.82) is 0 Å². The van der Waals surface area contributed by atoms with E-state index in [4.69, 9.17) is 11.6 Å². The Labute approximate surface area is 97.8 Å². The van der Waals surface area contributed by atoms with Crippen LogP contribution in [0.3, 0.4) is 0 Å². The monoisotopic (exact) mass is 235 g/mol. The molecule has 4 nitrogen and oxygen atoms in total. The molecule has 1 aromatic heterocycles. The van der Waals surface area contributed by atoms with Crippen LogP contribution < -0.4 is 0 Å². The molecule has 16 heavy (non-hydrogen) atoms. The molecule has 0 aliphatic heterocycles. The Kier molecular flexibility index (Phi) is 3.01. The van der Waals surface area contributed by atoms with Gasteiger partial charge in [-0.1, -0.05) is 35.0 Å². The van der Waals surface area contributed by atoms with E-state index >= 15 is 0 Å². The molecule has 82 valence electrons. The number of hydrogen-bond donors (Lipinski definition) is 0. The van der Waals surface area contributed by atoms with Crippen molar-refractivity contribution in [2.75, 3.05) is 0 Å². The second-order valence-corrected chi connectivity index (χ2v) is 3.84. The number of halogens is 1. The van der Waals surface area contributed by atoms with Gasteiger partial charge in [-0.2, -0.15) is 0 Å². The van der Waals surface area contributed by atoms with Crippen molar-refractivity contribution in [3.8, 4) is 0 Å². The zero-order valence-corrected chi connectivity index (χ0v) is 9.48. The molecule has 0 aliphatic rings. The van der Waals surface area contributed by atoms with Gasteiger partial charge in [-0.3, -0.25) is 4.79 Å². The Hall–Kier alpha value is -1.68.